The predicted octanol–water partition coefficient (Wildman–Crippen LogP) is 1.65. The van der Waals surface area contributed by atoms with Crippen LogP contribution in [-0.4, -0.2) is 28.0 Å². The fourth-order valence-electron chi connectivity index (χ4n) is 1.45. The number of nitrogens with one attached hydrogen (secondary N) is 2. The molecule has 7 heteroatoms. The molecule has 0 saturated carbocycles. The highest BCUT2D eigenvalue weighted by atomic mass is 16.5. The van der Waals surface area contributed by atoms with E-state index in [-0.39, 0.29) is 5.82 Å². The minimum atomic E-state index is -0.526. The summed E-state index contributed by atoms with van der Waals surface area (Å²) in [6, 6.07) is 7.56. The van der Waals surface area contributed by atoms with Crippen LogP contribution < -0.4 is 15.9 Å². The molecule has 0 aliphatic heterocycles. The molecule has 21 heavy (non-hydrogen) atoms. The number of hydrazone groups is 1. The summed E-state index contributed by atoms with van der Waals surface area (Å²) in [6.07, 6.45) is 3.00. The van der Waals surface area contributed by atoms with Crippen LogP contribution in [0.15, 0.2) is 40.4 Å². The van der Waals surface area contributed by atoms with Crippen molar-refractivity contribution in [3.63, 3.8) is 0 Å². The van der Waals surface area contributed by atoms with Crippen molar-refractivity contribution in [2.45, 2.75) is 13.8 Å². The Hall–Kier alpha value is -2.70. The number of nitrogens with zero attached hydrogens (tertiary/aromatic N) is 3. The first kappa shape index (κ1) is 14.7. The van der Waals surface area contributed by atoms with Gasteiger partial charge in [0, 0.05) is 0 Å². The minimum Gasteiger partial charge on any atom is -0.493 e. The van der Waals surface area contributed by atoms with Gasteiger partial charge >= 0.3 is 5.69 Å². The predicted molar refractivity (Wildman–Crippen MR) is 80.6 cm³/mol. The number of aromatic amines is 1. The largest absolute Gasteiger partial charge is 0.493 e. The van der Waals surface area contributed by atoms with E-state index in [1.54, 1.807) is 6.21 Å². The van der Waals surface area contributed by atoms with E-state index in [2.05, 4.69) is 39.6 Å². The molecule has 2 rings (SSSR count). The van der Waals surface area contributed by atoms with Gasteiger partial charge in [0.05, 0.1) is 19.0 Å². The van der Waals surface area contributed by atoms with Crippen LogP contribution in [0, 0.1) is 5.92 Å². The molecule has 7 nitrogen and oxygen atoms in total. The van der Waals surface area contributed by atoms with Gasteiger partial charge < -0.3 is 4.74 Å². The second kappa shape index (κ2) is 7.18. The maximum absolute atomic E-state index is 10.9. The maximum Gasteiger partial charge on any atom is 0.363 e. The fraction of sp³-hybridized carbons (Fsp3) is 0.286. The lowest BCUT2D eigenvalue weighted by Crippen LogP contribution is -2.13. The molecule has 0 saturated heterocycles. The van der Waals surface area contributed by atoms with Crippen LogP contribution in [0.1, 0.15) is 19.4 Å². The van der Waals surface area contributed by atoms with Gasteiger partial charge in [-0.3, -0.25) is 5.43 Å². The van der Waals surface area contributed by atoms with Crippen LogP contribution in [0.3, 0.4) is 0 Å². The summed E-state index contributed by atoms with van der Waals surface area (Å²) in [5.74, 6) is 1.60. The van der Waals surface area contributed by atoms with Crippen molar-refractivity contribution in [1.29, 1.82) is 0 Å². The average Bonchev–Trinajstić information content (AvgIpc) is 2.46. The molecule has 1 aromatic heterocycles. The van der Waals surface area contributed by atoms with Gasteiger partial charge in [-0.15, -0.1) is 0 Å². The number of hydrogen-bond acceptors (Lipinski definition) is 6. The summed E-state index contributed by atoms with van der Waals surface area (Å²) in [6.45, 7) is 4.89. The standard InChI is InChI=1S/C14H17N5O2/c1-10(2)9-21-12-5-3-11(4-6-12)7-15-18-13-8-16-19-14(20)17-13/h3-8,10H,9H2,1-2H3,(H2,17,18,19,20)/b15-7+. The van der Waals surface area contributed by atoms with Crippen molar-refractivity contribution in [3.05, 3.63) is 46.5 Å². The van der Waals surface area contributed by atoms with Crippen LogP contribution in [0.5, 0.6) is 5.75 Å². The van der Waals surface area contributed by atoms with Gasteiger partial charge in [-0.1, -0.05) is 13.8 Å². The zero-order chi connectivity index (χ0) is 15.1. The topological polar surface area (TPSA) is 92.3 Å². The third kappa shape index (κ3) is 5.06. The summed E-state index contributed by atoms with van der Waals surface area (Å²) in [5, 5.41) is 9.77. The van der Waals surface area contributed by atoms with E-state index in [1.807, 2.05) is 24.3 Å². The van der Waals surface area contributed by atoms with Crippen molar-refractivity contribution in [2.24, 2.45) is 11.0 Å². The van der Waals surface area contributed by atoms with Crippen molar-refractivity contribution >= 4 is 12.0 Å². The molecule has 0 fully saturated rings. The normalized spacial score (nSPS) is 11.0. The molecule has 0 atom stereocenters. The molecule has 2 N–H and O–H groups in total. The zero-order valence-corrected chi connectivity index (χ0v) is 11.9. The van der Waals surface area contributed by atoms with Gasteiger partial charge in [-0.2, -0.15) is 15.2 Å². The number of anilines is 1. The zero-order valence-electron chi connectivity index (χ0n) is 11.9. The monoisotopic (exact) mass is 287 g/mol. The highest BCUT2D eigenvalue weighted by Crippen LogP contribution is 2.12. The smallest absolute Gasteiger partial charge is 0.363 e. The Balaban J connectivity index is 1.90. The number of H-pyrrole nitrogens is 1. The molecule has 1 aromatic carbocycles. The van der Waals surface area contributed by atoms with Gasteiger partial charge in [0.2, 0.25) is 0 Å². The number of ether oxygens (including phenoxy) is 1. The summed E-state index contributed by atoms with van der Waals surface area (Å²) in [5.41, 5.74) is 3.01. The van der Waals surface area contributed by atoms with Crippen molar-refractivity contribution in [1.82, 2.24) is 15.2 Å². The maximum atomic E-state index is 10.9. The molecule has 0 aliphatic rings. The van der Waals surface area contributed by atoms with Gasteiger partial charge in [-0.05, 0) is 35.7 Å². The lowest BCUT2D eigenvalue weighted by molar-refractivity contribution is 0.271. The van der Waals surface area contributed by atoms with Gasteiger partial charge in [-0.25, -0.2) is 9.89 Å². The van der Waals surface area contributed by atoms with E-state index in [0.29, 0.717) is 12.5 Å². The van der Waals surface area contributed by atoms with Crippen LogP contribution >= 0.6 is 0 Å². The average molecular weight is 287 g/mol. The van der Waals surface area contributed by atoms with E-state index in [4.69, 9.17) is 4.74 Å². The first-order valence-electron chi connectivity index (χ1n) is 6.57. The molecule has 1 heterocycles. The van der Waals surface area contributed by atoms with Gasteiger partial charge in [0.15, 0.2) is 5.82 Å². The lowest BCUT2D eigenvalue weighted by Gasteiger charge is -2.08. The van der Waals surface area contributed by atoms with Crippen molar-refractivity contribution < 1.29 is 4.74 Å². The SMILES string of the molecule is CC(C)COc1ccc(/C=N/Nc2cn[nH]c(=O)n2)cc1. The van der Waals surface area contributed by atoms with E-state index in [1.165, 1.54) is 6.20 Å². The molecule has 0 bridgehead atoms. The third-order valence-corrected chi connectivity index (χ3v) is 2.43. The Labute approximate surface area is 122 Å². The Morgan fingerprint density at radius 2 is 2.14 bits per heavy atom. The lowest BCUT2D eigenvalue weighted by atomic mass is 10.2. The molecule has 0 spiro atoms. The number of aromatic nitrogens is 3. The van der Waals surface area contributed by atoms with E-state index < -0.39 is 5.69 Å². The van der Waals surface area contributed by atoms with Gasteiger partial charge in [0.25, 0.3) is 0 Å². The minimum absolute atomic E-state index is 0.284. The van der Waals surface area contributed by atoms with Crippen molar-refractivity contribution in [3.8, 4) is 5.75 Å². The van der Waals surface area contributed by atoms with Gasteiger partial charge in [0.1, 0.15) is 5.75 Å². The quantitative estimate of drug-likeness (QED) is 0.622. The first-order valence-corrected chi connectivity index (χ1v) is 6.57. The van der Waals surface area contributed by atoms with Crippen LogP contribution in [0.4, 0.5) is 5.82 Å². The van der Waals surface area contributed by atoms with E-state index in [9.17, 15) is 4.79 Å². The number of rotatable bonds is 6. The van der Waals surface area contributed by atoms with E-state index in [0.717, 1.165) is 11.3 Å². The fourth-order valence-corrected chi connectivity index (χ4v) is 1.45. The summed E-state index contributed by atoms with van der Waals surface area (Å²) >= 11 is 0. The second-order valence-electron chi connectivity index (χ2n) is 4.82. The molecule has 0 amide bonds. The molecule has 0 aliphatic carbocycles. The van der Waals surface area contributed by atoms with Crippen LogP contribution in [-0.2, 0) is 0 Å². The van der Waals surface area contributed by atoms with Crippen LogP contribution in [0.2, 0.25) is 0 Å². The number of hydrogen-bond donors (Lipinski definition) is 2. The Kier molecular flexibility index (Phi) is 5.03. The highest BCUT2D eigenvalue weighted by Gasteiger charge is 1.97. The molecule has 0 radical (unpaired) electrons. The second-order valence-corrected chi connectivity index (χ2v) is 4.82. The molecule has 2 aromatic rings. The Morgan fingerprint density at radius 3 is 2.81 bits per heavy atom. The van der Waals surface area contributed by atoms with Crippen LogP contribution in [0.25, 0.3) is 0 Å². The molecular weight excluding hydrogens is 270 g/mol. The van der Waals surface area contributed by atoms with Crippen molar-refractivity contribution in [2.75, 3.05) is 12.0 Å². The third-order valence-electron chi connectivity index (χ3n) is 2.43. The summed E-state index contributed by atoms with van der Waals surface area (Å²) in [4.78, 5) is 14.6. The highest BCUT2D eigenvalue weighted by molar-refractivity contribution is 5.80. The van der Waals surface area contributed by atoms with E-state index >= 15 is 0 Å². The molecule has 0 unspecified atom stereocenters. The first-order chi connectivity index (χ1) is 10.1. The molecular formula is C14H17N5O2. The summed E-state index contributed by atoms with van der Waals surface area (Å²) < 4.78 is 5.59. The Morgan fingerprint density at radius 1 is 1.38 bits per heavy atom. The number of benzene rings is 1. The Bertz CT molecular complexity index is 649. The molecule has 110 valence electrons. The summed E-state index contributed by atoms with van der Waals surface area (Å²) in [7, 11) is 0.